The molecule has 0 spiro atoms. The Bertz CT molecular complexity index is 767. The van der Waals surface area contributed by atoms with Crippen LogP contribution < -0.4 is 20.5 Å². The average molecular weight is 358 g/mol. The molecule has 7 heteroatoms. The van der Waals surface area contributed by atoms with Crippen molar-refractivity contribution in [1.29, 1.82) is 0 Å². The highest BCUT2D eigenvalue weighted by Crippen LogP contribution is 2.34. The average Bonchev–Trinajstić information content (AvgIpc) is 2.64. The minimum absolute atomic E-state index is 0.163. The quantitative estimate of drug-likeness (QED) is 0.770. The van der Waals surface area contributed by atoms with Gasteiger partial charge in [0, 0.05) is 4.90 Å². The number of rotatable bonds is 6. The molecule has 0 fully saturated rings. The molecule has 0 aromatic heterocycles. The lowest BCUT2D eigenvalue weighted by atomic mass is 10.1. The summed E-state index contributed by atoms with van der Waals surface area (Å²) in [6, 6.07) is 13.6. The first kappa shape index (κ1) is 17.2. The first-order chi connectivity index (χ1) is 12.1. The molecule has 130 valence electrons. The Kier molecular flexibility index (Phi) is 5.45. The first-order valence-corrected chi connectivity index (χ1v) is 8.78. The van der Waals surface area contributed by atoms with E-state index in [-0.39, 0.29) is 11.7 Å². The number of carbonyl (C=O) groups is 2. The van der Waals surface area contributed by atoms with E-state index in [0.717, 1.165) is 4.90 Å². The van der Waals surface area contributed by atoms with Gasteiger partial charge >= 0.3 is 0 Å². The molecule has 25 heavy (non-hydrogen) atoms. The molecule has 1 aliphatic heterocycles. The Morgan fingerprint density at radius 2 is 1.80 bits per heavy atom. The Morgan fingerprint density at radius 1 is 1.08 bits per heavy atom. The number of ether oxygens (including phenoxy) is 2. The van der Waals surface area contributed by atoms with Crippen LogP contribution in [0.15, 0.2) is 53.4 Å². The zero-order valence-electron chi connectivity index (χ0n) is 13.4. The minimum Gasteiger partial charge on any atom is -0.486 e. The van der Waals surface area contributed by atoms with Gasteiger partial charge in [-0.2, -0.15) is 0 Å². The van der Waals surface area contributed by atoms with Gasteiger partial charge in [-0.25, -0.2) is 0 Å². The van der Waals surface area contributed by atoms with Crippen molar-refractivity contribution in [3.05, 3.63) is 54.1 Å². The van der Waals surface area contributed by atoms with E-state index >= 15 is 0 Å². The minimum atomic E-state index is -0.838. The zero-order chi connectivity index (χ0) is 17.6. The van der Waals surface area contributed by atoms with Crippen molar-refractivity contribution in [2.45, 2.75) is 10.9 Å². The highest BCUT2D eigenvalue weighted by molar-refractivity contribution is 8.00. The van der Waals surface area contributed by atoms with Crippen molar-refractivity contribution in [2.24, 2.45) is 5.73 Å². The number of amides is 2. The van der Waals surface area contributed by atoms with Gasteiger partial charge in [0.05, 0.1) is 5.75 Å². The molecule has 0 saturated heterocycles. The molecule has 0 saturated carbocycles. The fourth-order valence-electron chi connectivity index (χ4n) is 2.43. The smallest absolute Gasteiger partial charge is 0.244 e. The summed E-state index contributed by atoms with van der Waals surface area (Å²) >= 11 is 1.35. The van der Waals surface area contributed by atoms with Gasteiger partial charge in [0.15, 0.2) is 11.5 Å². The van der Waals surface area contributed by atoms with E-state index in [4.69, 9.17) is 15.2 Å². The molecule has 1 atom stereocenters. The van der Waals surface area contributed by atoms with Crippen LogP contribution in [0, 0.1) is 0 Å². The van der Waals surface area contributed by atoms with Gasteiger partial charge in [-0.05, 0) is 23.8 Å². The second kappa shape index (κ2) is 7.94. The van der Waals surface area contributed by atoms with Gasteiger partial charge in [0.2, 0.25) is 11.8 Å². The lowest BCUT2D eigenvalue weighted by molar-refractivity contribution is -0.126. The number of benzene rings is 2. The van der Waals surface area contributed by atoms with Crippen molar-refractivity contribution >= 4 is 23.6 Å². The monoisotopic (exact) mass is 358 g/mol. The maximum Gasteiger partial charge on any atom is 0.244 e. The fourth-order valence-corrected chi connectivity index (χ4v) is 3.16. The zero-order valence-corrected chi connectivity index (χ0v) is 14.3. The van der Waals surface area contributed by atoms with Crippen LogP contribution in [-0.2, 0) is 9.59 Å². The van der Waals surface area contributed by atoms with Gasteiger partial charge in [0.25, 0.3) is 0 Å². The third-order valence-corrected chi connectivity index (χ3v) is 4.60. The van der Waals surface area contributed by atoms with Crippen LogP contribution in [0.5, 0.6) is 11.5 Å². The molecule has 2 aromatic rings. The van der Waals surface area contributed by atoms with Crippen LogP contribution in [0.4, 0.5) is 0 Å². The normalized spacial score (nSPS) is 13.8. The van der Waals surface area contributed by atoms with Gasteiger partial charge in [-0.1, -0.05) is 30.3 Å². The van der Waals surface area contributed by atoms with Crippen molar-refractivity contribution in [3.63, 3.8) is 0 Å². The van der Waals surface area contributed by atoms with Crippen molar-refractivity contribution in [1.82, 2.24) is 5.32 Å². The second-order valence-corrected chi connectivity index (χ2v) is 6.46. The van der Waals surface area contributed by atoms with Gasteiger partial charge < -0.3 is 20.5 Å². The third kappa shape index (κ3) is 4.45. The lowest BCUT2D eigenvalue weighted by Gasteiger charge is -2.19. The first-order valence-electron chi connectivity index (χ1n) is 7.79. The lowest BCUT2D eigenvalue weighted by Crippen LogP contribution is -2.38. The van der Waals surface area contributed by atoms with Crippen LogP contribution >= 0.6 is 11.8 Å². The number of hydrogen-bond donors (Lipinski definition) is 2. The molecule has 6 nitrogen and oxygen atoms in total. The van der Waals surface area contributed by atoms with Crippen molar-refractivity contribution < 1.29 is 19.1 Å². The van der Waals surface area contributed by atoms with Gasteiger partial charge in [-0.15, -0.1) is 11.8 Å². The van der Waals surface area contributed by atoms with Crippen LogP contribution in [-0.4, -0.2) is 30.8 Å². The number of primary amides is 1. The number of thioether (sulfide) groups is 1. The second-order valence-electron chi connectivity index (χ2n) is 5.41. The summed E-state index contributed by atoms with van der Waals surface area (Å²) in [6.45, 7) is 1.05. The number of carbonyl (C=O) groups excluding carboxylic acids is 2. The standard InChI is InChI=1S/C18H18N2O4S/c19-18(22)17(12-4-2-1-3-5-12)20-16(21)11-25-13-6-7-14-15(10-13)24-9-8-23-14/h1-7,10,17H,8-9,11H2,(H2,19,22)(H,20,21). The summed E-state index contributed by atoms with van der Waals surface area (Å²) in [5, 5.41) is 2.68. The molecule has 2 aromatic carbocycles. The van der Waals surface area contributed by atoms with Crippen LogP contribution in [0.2, 0.25) is 0 Å². The summed E-state index contributed by atoms with van der Waals surface area (Å²) in [5.74, 6) is 0.682. The third-order valence-electron chi connectivity index (χ3n) is 3.61. The summed E-state index contributed by atoms with van der Waals surface area (Å²) in [6.07, 6.45) is 0. The molecule has 2 amide bonds. The molecule has 0 radical (unpaired) electrons. The maximum absolute atomic E-state index is 12.2. The Hall–Kier alpha value is -2.67. The van der Waals surface area contributed by atoms with E-state index in [1.165, 1.54) is 11.8 Å². The number of fused-ring (bicyclic) bond motifs is 1. The summed E-state index contributed by atoms with van der Waals surface area (Å²) in [4.78, 5) is 24.7. The summed E-state index contributed by atoms with van der Waals surface area (Å²) in [5.41, 5.74) is 6.07. The number of nitrogens with two attached hydrogens (primary N) is 1. The summed E-state index contributed by atoms with van der Waals surface area (Å²) in [7, 11) is 0. The van der Waals surface area contributed by atoms with E-state index in [9.17, 15) is 9.59 Å². The van der Waals surface area contributed by atoms with Crippen molar-refractivity contribution in [3.8, 4) is 11.5 Å². The SMILES string of the molecule is NC(=O)C(NC(=O)CSc1ccc2c(c1)OCCO2)c1ccccc1. The molecule has 1 aliphatic rings. The van der Waals surface area contributed by atoms with Crippen molar-refractivity contribution in [2.75, 3.05) is 19.0 Å². The molecular formula is C18H18N2O4S. The molecule has 0 bridgehead atoms. The van der Waals surface area contributed by atoms with E-state index in [1.54, 1.807) is 24.3 Å². The maximum atomic E-state index is 12.2. The molecule has 1 unspecified atom stereocenters. The fraction of sp³-hybridized carbons (Fsp3) is 0.222. The highest BCUT2D eigenvalue weighted by Gasteiger charge is 2.20. The van der Waals surface area contributed by atoms with E-state index < -0.39 is 11.9 Å². The number of nitrogens with one attached hydrogen (secondary N) is 1. The molecule has 1 heterocycles. The van der Waals surface area contributed by atoms with Gasteiger partial charge in [-0.3, -0.25) is 9.59 Å². The Morgan fingerprint density at radius 3 is 2.52 bits per heavy atom. The van der Waals surface area contributed by atoms with E-state index in [0.29, 0.717) is 30.3 Å². The van der Waals surface area contributed by atoms with E-state index in [2.05, 4.69) is 5.32 Å². The molecular weight excluding hydrogens is 340 g/mol. The van der Waals surface area contributed by atoms with E-state index in [1.807, 2.05) is 24.3 Å². The highest BCUT2D eigenvalue weighted by atomic mass is 32.2. The van der Waals surface area contributed by atoms with Crippen LogP contribution in [0.1, 0.15) is 11.6 Å². The predicted molar refractivity (Wildman–Crippen MR) is 94.7 cm³/mol. The summed E-state index contributed by atoms with van der Waals surface area (Å²) < 4.78 is 11.0. The van der Waals surface area contributed by atoms with Crippen LogP contribution in [0.25, 0.3) is 0 Å². The molecule has 3 N–H and O–H groups in total. The molecule has 0 aliphatic carbocycles. The van der Waals surface area contributed by atoms with Crippen LogP contribution in [0.3, 0.4) is 0 Å². The number of hydrogen-bond acceptors (Lipinski definition) is 5. The molecule has 3 rings (SSSR count). The Balaban J connectivity index is 1.59. The largest absolute Gasteiger partial charge is 0.486 e. The Labute approximate surface area is 149 Å². The topological polar surface area (TPSA) is 90.7 Å². The van der Waals surface area contributed by atoms with Gasteiger partial charge in [0.1, 0.15) is 19.3 Å². The predicted octanol–water partition coefficient (Wildman–Crippen LogP) is 1.89.